The van der Waals surface area contributed by atoms with Gasteiger partial charge in [0.25, 0.3) is 0 Å². The molecule has 1 aliphatic heterocycles. The molecule has 0 aromatic heterocycles. The first kappa shape index (κ1) is 13.9. The number of carbonyl (C=O) groups is 2. The summed E-state index contributed by atoms with van der Waals surface area (Å²) in [6, 6.07) is 0. The van der Waals surface area contributed by atoms with Gasteiger partial charge < -0.3 is 14.6 Å². The number of ketones is 1. The third-order valence-electron chi connectivity index (χ3n) is 2.41. The minimum atomic E-state index is -1.22. The van der Waals surface area contributed by atoms with E-state index in [1.165, 1.54) is 6.92 Å². The van der Waals surface area contributed by atoms with Crippen molar-refractivity contribution in [3.05, 3.63) is 0 Å². The molecule has 98 valence electrons. The highest BCUT2D eigenvalue weighted by molar-refractivity contribution is 5.77. The van der Waals surface area contributed by atoms with Gasteiger partial charge in [0.15, 0.2) is 5.79 Å². The number of carbonyl (C=O) groups excluding carboxylic acids is 1. The average Bonchev–Trinajstić information content (AvgIpc) is 2.19. The second kappa shape index (κ2) is 4.99. The van der Waals surface area contributed by atoms with Crippen molar-refractivity contribution < 1.29 is 24.2 Å². The van der Waals surface area contributed by atoms with Gasteiger partial charge in [0.1, 0.15) is 5.78 Å². The number of hydrazine groups is 1. The molecule has 0 atom stereocenters. The van der Waals surface area contributed by atoms with Crippen molar-refractivity contribution in [2.45, 2.75) is 38.5 Å². The van der Waals surface area contributed by atoms with Crippen molar-refractivity contribution in [2.24, 2.45) is 0 Å². The van der Waals surface area contributed by atoms with E-state index in [1.54, 1.807) is 13.8 Å². The molecule has 1 amide bonds. The van der Waals surface area contributed by atoms with Crippen molar-refractivity contribution in [1.82, 2.24) is 10.9 Å². The number of ether oxygens (including phenoxy) is 2. The number of Topliss-reactive ketones (excluding diaryl/α,β-unsaturated/α-hetero) is 1. The summed E-state index contributed by atoms with van der Waals surface area (Å²) < 4.78 is 10.9. The summed E-state index contributed by atoms with van der Waals surface area (Å²) in [5.74, 6) is -0.790. The molecule has 1 saturated heterocycles. The van der Waals surface area contributed by atoms with Gasteiger partial charge in [0.2, 0.25) is 0 Å². The zero-order valence-electron chi connectivity index (χ0n) is 10.2. The number of rotatable bonds is 4. The Bertz CT molecular complexity index is 306. The van der Waals surface area contributed by atoms with Crippen molar-refractivity contribution in [2.75, 3.05) is 13.2 Å². The lowest BCUT2D eigenvalue weighted by atomic mass is 9.94. The maximum atomic E-state index is 11.2. The van der Waals surface area contributed by atoms with Gasteiger partial charge in [-0.05, 0) is 20.8 Å². The first-order valence-electron chi connectivity index (χ1n) is 5.28. The predicted molar refractivity (Wildman–Crippen MR) is 58.3 cm³/mol. The van der Waals surface area contributed by atoms with Gasteiger partial charge in [-0.3, -0.25) is 10.2 Å². The zero-order valence-corrected chi connectivity index (χ0v) is 10.2. The molecular formula is C10H18N2O5. The van der Waals surface area contributed by atoms with Crippen LogP contribution in [0, 0.1) is 0 Å². The van der Waals surface area contributed by atoms with Crippen LogP contribution in [-0.4, -0.2) is 41.5 Å². The summed E-state index contributed by atoms with van der Waals surface area (Å²) in [6.45, 7) is 5.34. The molecule has 3 N–H and O–H groups in total. The van der Waals surface area contributed by atoms with E-state index in [2.05, 4.69) is 5.43 Å². The van der Waals surface area contributed by atoms with Crippen LogP contribution in [0.5, 0.6) is 0 Å². The number of amides is 1. The summed E-state index contributed by atoms with van der Waals surface area (Å²) in [6.07, 6.45) is -1.10. The van der Waals surface area contributed by atoms with Gasteiger partial charge in [-0.1, -0.05) is 0 Å². The van der Waals surface area contributed by atoms with Crippen LogP contribution in [0.1, 0.15) is 27.2 Å². The summed E-state index contributed by atoms with van der Waals surface area (Å²) >= 11 is 0. The number of nitrogens with one attached hydrogen (secondary N) is 2. The van der Waals surface area contributed by atoms with Crippen LogP contribution in [0.3, 0.4) is 0 Å². The van der Waals surface area contributed by atoms with Gasteiger partial charge >= 0.3 is 6.09 Å². The van der Waals surface area contributed by atoms with Crippen molar-refractivity contribution >= 4 is 11.9 Å². The standard InChI is InChI=1S/C10H18N2O5/c1-7(13)4-10(12-11-8(14)15)5-16-9(2,3)17-6-10/h11-12H,4-6H2,1-3H3,(H,14,15). The first-order valence-corrected chi connectivity index (χ1v) is 5.28. The zero-order chi connectivity index (χ0) is 13.1. The lowest BCUT2D eigenvalue weighted by Gasteiger charge is -2.43. The maximum absolute atomic E-state index is 11.2. The van der Waals surface area contributed by atoms with Crippen LogP contribution in [0.2, 0.25) is 0 Å². The Morgan fingerprint density at radius 3 is 2.24 bits per heavy atom. The summed E-state index contributed by atoms with van der Waals surface area (Å²) in [5.41, 5.74) is 3.78. The second-order valence-electron chi connectivity index (χ2n) is 4.69. The maximum Gasteiger partial charge on any atom is 0.419 e. The molecule has 7 heteroatoms. The molecular weight excluding hydrogens is 228 g/mol. The van der Waals surface area contributed by atoms with Crippen LogP contribution in [-0.2, 0) is 14.3 Å². The molecule has 7 nitrogen and oxygen atoms in total. The van der Waals surface area contributed by atoms with Gasteiger partial charge in [-0.25, -0.2) is 10.2 Å². The Labute approximate surface area is 99.4 Å². The van der Waals surface area contributed by atoms with Crippen molar-refractivity contribution in [1.29, 1.82) is 0 Å². The molecule has 0 saturated carbocycles. The van der Waals surface area contributed by atoms with Crippen molar-refractivity contribution in [3.63, 3.8) is 0 Å². The van der Waals surface area contributed by atoms with E-state index in [9.17, 15) is 9.59 Å². The van der Waals surface area contributed by atoms with E-state index in [1.807, 2.05) is 5.43 Å². The van der Waals surface area contributed by atoms with E-state index >= 15 is 0 Å². The highest BCUT2D eigenvalue weighted by atomic mass is 16.7. The number of hydrogen-bond acceptors (Lipinski definition) is 5. The van der Waals surface area contributed by atoms with Crippen LogP contribution in [0.15, 0.2) is 0 Å². The summed E-state index contributed by atoms with van der Waals surface area (Å²) in [5, 5.41) is 8.56. The fourth-order valence-corrected chi connectivity index (χ4v) is 1.59. The van der Waals surface area contributed by atoms with E-state index in [0.717, 1.165) is 0 Å². The lowest BCUT2D eigenvalue weighted by Crippen LogP contribution is -2.64. The smallest absolute Gasteiger partial charge is 0.419 e. The van der Waals surface area contributed by atoms with Gasteiger partial charge in [0.05, 0.1) is 18.8 Å². The normalized spacial score (nSPS) is 21.8. The molecule has 0 bridgehead atoms. The minimum absolute atomic E-state index is 0.0726. The minimum Gasteiger partial charge on any atom is -0.464 e. The predicted octanol–water partition coefficient (Wildman–Crippen LogP) is 0.259. The number of carboxylic acid groups (broad SMARTS) is 1. The lowest BCUT2D eigenvalue weighted by molar-refractivity contribution is -0.272. The summed E-state index contributed by atoms with van der Waals surface area (Å²) in [4.78, 5) is 21.7. The van der Waals surface area contributed by atoms with Crippen LogP contribution in [0.25, 0.3) is 0 Å². The Hall–Kier alpha value is -1.18. The molecule has 0 radical (unpaired) electrons. The third-order valence-corrected chi connectivity index (χ3v) is 2.41. The molecule has 0 aliphatic carbocycles. The van der Waals surface area contributed by atoms with E-state index < -0.39 is 17.4 Å². The molecule has 0 spiro atoms. The van der Waals surface area contributed by atoms with Gasteiger partial charge in [-0.2, -0.15) is 0 Å². The Kier molecular flexibility index (Phi) is 4.07. The molecule has 1 aliphatic rings. The van der Waals surface area contributed by atoms with Crippen LogP contribution < -0.4 is 10.9 Å². The average molecular weight is 246 g/mol. The Morgan fingerprint density at radius 1 is 1.29 bits per heavy atom. The van der Waals surface area contributed by atoms with E-state index in [-0.39, 0.29) is 25.4 Å². The molecule has 0 unspecified atom stereocenters. The Morgan fingerprint density at radius 2 is 1.82 bits per heavy atom. The van der Waals surface area contributed by atoms with Crippen LogP contribution >= 0.6 is 0 Å². The third kappa shape index (κ3) is 4.29. The molecule has 17 heavy (non-hydrogen) atoms. The van der Waals surface area contributed by atoms with Gasteiger partial charge in [0, 0.05) is 6.42 Å². The molecule has 1 fully saturated rings. The fraction of sp³-hybridized carbons (Fsp3) is 0.800. The SMILES string of the molecule is CC(=O)CC1(NNC(=O)O)COC(C)(C)OC1. The molecule has 0 aromatic rings. The Balaban J connectivity index is 2.67. The molecule has 0 aromatic carbocycles. The van der Waals surface area contributed by atoms with Gasteiger partial charge in [-0.15, -0.1) is 0 Å². The van der Waals surface area contributed by atoms with E-state index in [0.29, 0.717) is 0 Å². The topological polar surface area (TPSA) is 96.9 Å². The molecule has 1 heterocycles. The van der Waals surface area contributed by atoms with Crippen molar-refractivity contribution in [3.8, 4) is 0 Å². The second-order valence-corrected chi connectivity index (χ2v) is 4.69. The first-order chi connectivity index (χ1) is 7.75. The highest BCUT2D eigenvalue weighted by Crippen LogP contribution is 2.25. The molecule has 1 rings (SSSR count). The monoisotopic (exact) mass is 246 g/mol. The largest absolute Gasteiger partial charge is 0.464 e. The van der Waals surface area contributed by atoms with E-state index in [4.69, 9.17) is 14.6 Å². The highest BCUT2D eigenvalue weighted by Gasteiger charge is 2.41. The van der Waals surface area contributed by atoms with Crippen LogP contribution in [0.4, 0.5) is 4.79 Å². The summed E-state index contributed by atoms with van der Waals surface area (Å²) in [7, 11) is 0. The number of hydrogen-bond donors (Lipinski definition) is 3. The quantitative estimate of drug-likeness (QED) is 0.616. The fourth-order valence-electron chi connectivity index (χ4n) is 1.59.